The Bertz CT molecular complexity index is 1110. The lowest BCUT2D eigenvalue weighted by molar-refractivity contribution is -0.145. The number of halogens is 1. The van der Waals surface area contributed by atoms with Gasteiger partial charge < -0.3 is 24.4 Å². The molecule has 2 aromatic rings. The quantitative estimate of drug-likeness (QED) is 0.440. The van der Waals surface area contributed by atoms with Crippen molar-refractivity contribution in [1.29, 1.82) is 0 Å². The van der Waals surface area contributed by atoms with Crippen LogP contribution < -0.4 is 4.74 Å². The van der Waals surface area contributed by atoms with Crippen LogP contribution in [0.15, 0.2) is 48.5 Å². The van der Waals surface area contributed by atoms with Gasteiger partial charge in [-0.3, -0.25) is 4.79 Å². The number of hydrogen-bond acceptors (Lipinski definition) is 6. The summed E-state index contributed by atoms with van der Waals surface area (Å²) in [6.07, 6.45) is 2.50. The minimum atomic E-state index is -1.09. The van der Waals surface area contributed by atoms with E-state index in [-0.39, 0.29) is 18.9 Å². The monoisotopic (exact) mass is 540 g/mol. The second kappa shape index (κ2) is 12.9. The number of esters is 1. The van der Waals surface area contributed by atoms with Crippen LogP contribution in [0.3, 0.4) is 0 Å². The summed E-state index contributed by atoms with van der Waals surface area (Å²) in [5.74, 6) is 0.363. The molecule has 2 aliphatic rings. The number of aliphatic hydroxyl groups is 1. The number of hydrogen-bond donors (Lipinski definition) is 1. The molecule has 2 heterocycles. The number of aliphatic hydroxyl groups excluding tert-OH is 1. The summed E-state index contributed by atoms with van der Waals surface area (Å²) in [4.78, 5) is 29.3. The van der Waals surface area contributed by atoms with E-state index < -0.39 is 23.8 Å². The zero-order chi connectivity index (χ0) is 28.0. The van der Waals surface area contributed by atoms with Crippen LogP contribution in [0.4, 0.5) is 4.39 Å². The molecule has 4 rings (SSSR count). The van der Waals surface area contributed by atoms with Crippen molar-refractivity contribution in [2.45, 2.75) is 63.8 Å². The van der Waals surface area contributed by atoms with Gasteiger partial charge in [0.1, 0.15) is 17.5 Å². The summed E-state index contributed by atoms with van der Waals surface area (Å²) >= 11 is 0. The van der Waals surface area contributed by atoms with Gasteiger partial charge in [-0.1, -0.05) is 44.2 Å². The molecule has 2 atom stereocenters. The number of carbonyl (C=O) groups excluding carboxylic acids is 2. The highest BCUT2D eigenvalue weighted by atomic mass is 19.1. The van der Waals surface area contributed by atoms with Crippen molar-refractivity contribution in [1.82, 2.24) is 9.80 Å². The van der Waals surface area contributed by atoms with Crippen LogP contribution in [0.1, 0.15) is 56.3 Å². The average Bonchev–Trinajstić information content (AvgIpc) is 3.37. The Morgan fingerprint density at radius 1 is 1.05 bits per heavy atom. The van der Waals surface area contributed by atoms with E-state index in [0.717, 1.165) is 42.8 Å². The van der Waals surface area contributed by atoms with Crippen molar-refractivity contribution < 1.29 is 28.6 Å². The third-order valence-electron chi connectivity index (χ3n) is 8.30. The topological polar surface area (TPSA) is 79.3 Å². The zero-order valence-corrected chi connectivity index (χ0v) is 23.3. The van der Waals surface area contributed by atoms with Gasteiger partial charge in [0.25, 0.3) is 5.91 Å². The Morgan fingerprint density at radius 3 is 2.36 bits per heavy atom. The fraction of sp³-hybridized carbons (Fsp3) is 0.548. The molecule has 2 aliphatic heterocycles. The molecule has 0 saturated carbocycles. The number of methoxy groups -OCH3 is 1. The first-order valence-electron chi connectivity index (χ1n) is 14.1. The maximum absolute atomic E-state index is 14.8. The molecule has 0 aromatic heterocycles. The van der Waals surface area contributed by atoms with Crippen molar-refractivity contribution in [3.05, 3.63) is 54.1 Å². The number of alkyl halides is 1. The highest BCUT2D eigenvalue weighted by Crippen LogP contribution is 2.30. The lowest BCUT2D eigenvalue weighted by Crippen LogP contribution is -2.44. The van der Waals surface area contributed by atoms with Gasteiger partial charge in [-0.05, 0) is 74.0 Å². The van der Waals surface area contributed by atoms with Crippen molar-refractivity contribution in [2.24, 2.45) is 5.92 Å². The molecule has 0 spiro atoms. The maximum Gasteiger partial charge on any atom is 0.328 e. The number of nitrogens with zero attached hydrogens (tertiary/aromatic N) is 2. The fourth-order valence-electron chi connectivity index (χ4n) is 5.60. The molecule has 212 valence electrons. The lowest BCUT2D eigenvalue weighted by Gasteiger charge is -2.36. The van der Waals surface area contributed by atoms with Crippen LogP contribution in [-0.2, 0) is 9.53 Å². The van der Waals surface area contributed by atoms with Crippen molar-refractivity contribution in [3.63, 3.8) is 0 Å². The Morgan fingerprint density at radius 2 is 1.72 bits per heavy atom. The van der Waals surface area contributed by atoms with Gasteiger partial charge in [0.05, 0.1) is 19.8 Å². The van der Waals surface area contributed by atoms with Crippen LogP contribution in [0, 0.1) is 5.92 Å². The molecular formula is C31H41FN2O5. The summed E-state index contributed by atoms with van der Waals surface area (Å²) in [5.41, 5.74) is 0.974. The number of benzene rings is 2. The van der Waals surface area contributed by atoms with Gasteiger partial charge in [-0.15, -0.1) is 0 Å². The summed E-state index contributed by atoms with van der Waals surface area (Å²) in [6.45, 7) is 6.86. The summed E-state index contributed by atoms with van der Waals surface area (Å²) < 4.78 is 25.7. The molecule has 2 saturated heterocycles. The van der Waals surface area contributed by atoms with Gasteiger partial charge in [-0.25, -0.2) is 9.18 Å². The molecular weight excluding hydrogens is 499 g/mol. The van der Waals surface area contributed by atoms with Crippen LogP contribution >= 0.6 is 0 Å². The standard InChI is InChI=1S/C31H41FN2O5/c1-4-31(32,5-2)21-33-16-14-22(15-17-33)20-39-25-12-10-23(11-13-25)26-8-6-7-9-27(26)29(36)34-19-24(35)18-28(34)30(37)38-3/h6-13,22,24,28,35H,4-5,14-21H2,1-3H3/t24-,28+/m1/s1. The fourth-order valence-corrected chi connectivity index (χ4v) is 5.60. The number of piperidine rings is 1. The highest BCUT2D eigenvalue weighted by molar-refractivity contribution is 6.02. The number of amides is 1. The predicted octanol–water partition coefficient (Wildman–Crippen LogP) is 4.72. The van der Waals surface area contributed by atoms with Crippen molar-refractivity contribution in [2.75, 3.05) is 39.9 Å². The Labute approximate surface area is 230 Å². The summed E-state index contributed by atoms with van der Waals surface area (Å²) in [6, 6.07) is 14.1. The Hall–Kier alpha value is -2.97. The first-order valence-corrected chi connectivity index (χ1v) is 14.1. The molecule has 1 N–H and O–H groups in total. The second-order valence-electron chi connectivity index (χ2n) is 10.8. The smallest absolute Gasteiger partial charge is 0.328 e. The van der Waals surface area contributed by atoms with Crippen molar-refractivity contribution in [3.8, 4) is 16.9 Å². The third kappa shape index (κ3) is 6.97. The zero-order valence-electron chi connectivity index (χ0n) is 23.3. The number of ether oxygens (including phenoxy) is 2. The van der Waals surface area contributed by atoms with E-state index >= 15 is 0 Å². The van der Waals surface area contributed by atoms with E-state index in [1.807, 2.05) is 50.2 Å². The van der Waals surface area contributed by atoms with Gasteiger partial charge in [0.15, 0.2) is 0 Å². The van der Waals surface area contributed by atoms with Gasteiger partial charge in [0, 0.05) is 25.1 Å². The van der Waals surface area contributed by atoms with Gasteiger partial charge >= 0.3 is 5.97 Å². The molecule has 7 nitrogen and oxygen atoms in total. The second-order valence-corrected chi connectivity index (χ2v) is 10.8. The van der Waals surface area contributed by atoms with Gasteiger partial charge in [0.2, 0.25) is 0 Å². The van der Waals surface area contributed by atoms with Crippen molar-refractivity contribution >= 4 is 11.9 Å². The van der Waals surface area contributed by atoms with Crippen LogP contribution in [0.5, 0.6) is 5.75 Å². The van der Waals surface area contributed by atoms with E-state index in [2.05, 4.69) is 4.90 Å². The number of likely N-dealkylation sites (tertiary alicyclic amines) is 2. The molecule has 0 bridgehead atoms. The van der Waals surface area contributed by atoms with Crippen LogP contribution in [0.25, 0.3) is 11.1 Å². The summed E-state index contributed by atoms with van der Waals surface area (Å²) in [7, 11) is 1.28. The minimum Gasteiger partial charge on any atom is -0.493 e. The number of rotatable bonds is 10. The van der Waals surface area contributed by atoms with E-state index in [1.54, 1.807) is 12.1 Å². The molecule has 0 unspecified atom stereocenters. The molecule has 39 heavy (non-hydrogen) atoms. The Kier molecular flexibility index (Phi) is 9.62. The normalized spacial score (nSPS) is 20.7. The Balaban J connectivity index is 1.36. The first kappa shape index (κ1) is 29.0. The molecule has 8 heteroatoms. The van der Waals surface area contributed by atoms with E-state index in [0.29, 0.717) is 37.5 Å². The maximum atomic E-state index is 14.8. The molecule has 2 aromatic carbocycles. The average molecular weight is 541 g/mol. The van der Waals surface area contributed by atoms with E-state index in [4.69, 9.17) is 9.47 Å². The molecule has 2 fully saturated rings. The summed E-state index contributed by atoms with van der Waals surface area (Å²) in [5, 5.41) is 10.1. The highest BCUT2D eigenvalue weighted by Gasteiger charge is 2.40. The number of carbonyl (C=O) groups is 2. The van der Waals surface area contributed by atoms with E-state index in [9.17, 15) is 19.1 Å². The molecule has 0 aliphatic carbocycles. The largest absolute Gasteiger partial charge is 0.493 e. The number of β-amino-alcohol motifs (C(OH)–C–C–N with tert-alkyl or cyclic N) is 1. The molecule has 1 amide bonds. The molecule has 0 radical (unpaired) electrons. The van der Waals surface area contributed by atoms with Gasteiger partial charge in [-0.2, -0.15) is 0 Å². The third-order valence-corrected chi connectivity index (χ3v) is 8.30. The lowest BCUT2D eigenvalue weighted by atomic mass is 9.94. The van der Waals surface area contributed by atoms with Crippen LogP contribution in [0.2, 0.25) is 0 Å². The minimum absolute atomic E-state index is 0.0878. The van der Waals surface area contributed by atoms with Crippen LogP contribution in [-0.4, -0.2) is 84.5 Å². The van der Waals surface area contributed by atoms with E-state index in [1.165, 1.54) is 12.0 Å². The predicted molar refractivity (Wildman–Crippen MR) is 148 cm³/mol. The SMILES string of the molecule is CCC(F)(CC)CN1CCC(COc2ccc(-c3ccccc3C(=O)N3C[C@H](O)C[C@H]3C(=O)OC)cc2)CC1. The first-order chi connectivity index (χ1) is 18.8.